The van der Waals surface area contributed by atoms with Crippen LogP contribution < -0.4 is 5.32 Å². The monoisotopic (exact) mass is 246 g/mol. The van der Waals surface area contributed by atoms with E-state index in [1.165, 1.54) is 4.90 Å². The summed E-state index contributed by atoms with van der Waals surface area (Å²) in [5.74, 6) is -2.63. The molecule has 2 amide bonds. The molecule has 0 radical (unpaired) electrons. The van der Waals surface area contributed by atoms with Crippen LogP contribution in [0.2, 0.25) is 0 Å². The zero-order valence-electron chi connectivity index (χ0n) is 10.1. The number of carboxylic acid groups (broad SMARTS) is 2. The molecule has 0 saturated carbocycles. The standard InChI is InChI=1S/C10H18N2O5/c1-4-12(6(2)3)10(17)11-7(9(15)16)5-8(13)14/h6-7H,4-5H2,1-3H3,(H,11,17)(H,13,14)(H,15,16)/t7-/m1/s1. The first-order chi connectivity index (χ1) is 7.79. The predicted octanol–water partition coefficient (Wildman–Crippen LogP) is 0.354. The van der Waals surface area contributed by atoms with Gasteiger partial charge >= 0.3 is 18.0 Å². The van der Waals surface area contributed by atoms with Crippen molar-refractivity contribution < 1.29 is 24.6 Å². The maximum absolute atomic E-state index is 11.7. The number of nitrogens with zero attached hydrogens (tertiary/aromatic N) is 1. The second-order valence-corrected chi connectivity index (χ2v) is 3.82. The number of carbonyl (C=O) groups excluding carboxylic acids is 1. The Hall–Kier alpha value is -1.79. The highest BCUT2D eigenvalue weighted by Gasteiger charge is 2.25. The molecule has 0 aromatic heterocycles. The van der Waals surface area contributed by atoms with Gasteiger partial charge in [0.2, 0.25) is 0 Å². The van der Waals surface area contributed by atoms with Crippen molar-refractivity contribution in [2.75, 3.05) is 6.54 Å². The Labute approximate surface area is 99.4 Å². The molecule has 0 bridgehead atoms. The summed E-state index contributed by atoms with van der Waals surface area (Å²) in [5, 5.41) is 19.5. The van der Waals surface area contributed by atoms with Crippen molar-refractivity contribution in [1.29, 1.82) is 0 Å². The van der Waals surface area contributed by atoms with Crippen LogP contribution in [0.1, 0.15) is 27.2 Å². The van der Waals surface area contributed by atoms with Gasteiger partial charge in [-0.25, -0.2) is 9.59 Å². The van der Waals surface area contributed by atoms with Gasteiger partial charge in [-0.1, -0.05) is 0 Å². The van der Waals surface area contributed by atoms with Crippen LogP contribution in [0.3, 0.4) is 0 Å². The summed E-state index contributed by atoms with van der Waals surface area (Å²) in [6, 6.07) is -2.07. The summed E-state index contributed by atoms with van der Waals surface area (Å²) in [6.45, 7) is 5.75. The molecule has 0 saturated heterocycles. The molecule has 7 heteroatoms. The van der Waals surface area contributed by atoms with E-state index in [1.807, 2.05) is 0 Å². The van der Waals surface area contributed by atoms with Crippen molar-refractivity contribution in [1.82, 2.24) is 10.2 Å². The smallest absolute Gasteiger partial charge is 0.326 e. The van der Waals surface area contributed by atoms with E-state index >= 15 is 0 Å². The Morgan fingerprint density at radius 2 is 1.76 bits per heavy atom. The summed E-state index contributed by atoms with van der Waals surface area (Å²) in [6.07, 6.45) is -0.642. The summed E-state index contributed by atoms with van der Waals surface area (Å²) in [7, 11) is 0. The number of urea groups is 1. The fourth-order valence-corrected chi connectivity index (χ4v) is 1.35. The van der Waals surface area contributed by atoms with Crippen LogP contribution in [-0.2, 0) is 9.59 Å². The molecular weight excluding hydrogens is 228 g/mol. The quantitative estimate of drug-likeness (QED) is 0.627. The molecule has 0 heterocycles. The Morgan fingerprint density at radius 3 is 2.06 bits per heavy atom. The topological polar surface area (TPSA) is 107 Å². The minimum absolute atomic E-state index is 0.0840. The molecule has 17 heavy (non-hydrogen) atoms. The average Bonchev–Trinajstić information content (AvgIpc) is 2.15. The van der Waals surface area contributed by atoms with E-state index in [2.05, 4.69) is 5.32 Å². The summed E-state index contributed by atoms with van der Waals surface area (Å²) in [5.41, 5.74) is 0. The van der Waals surface area contributed by atoms with Gasteiger partial charge in [0.25, 0.3) is 0 Å². The molecular formula is C10H18N2O5. The van der Waals surface area contributed by atoms with Crippen LogP contribution in [-0.4, -0.2) is 51.7 Å². The molecule has 1 atom stereocenters. The normalized spacial score (nSPS) is 12.0. The lowest BCUT2D eigenvalue weighted by Gasteiger charge is -2.26. The Balaban J connectivity index is 4.59. The number of rotatable bonds is 6. The molecule has 0 aromatic carbocycles. The minimum atomic E-state index is -1.41. The van der Waals surface area contributed by atoms with Crippen molar-refractivity contribution in [2.24, 2.45) is 0 Å². The van der Waals surface area contributed by atoms with Crippen molar-refractivity contribution >= 4 is 18.0 Å². The van der Waals surface area contributed by atoms with E-state index in [0.29, 0.717) is 6.54 Å². The predicted molar refractivity (Wildman–Crippen MR) is 59.7 cm³/mol. The Morgan fingerprint density at radius 1 is 1.24 bits per heavy atom. The molecule has 98 valence electrons. The molecule has 0 unspecified atom stereocenters. The second-order valence-electron chi connectivity index (χ2n) is 3.82. The lowest BCUT2D eigenvalue weighted by atomic mass is 10.2. The average molecular weight is 246 g/mol. The van der Waals surface area contributed by atoms with Crippen LogP contribution in [0, 0.1) is 0 Å². The number of aliphatic carboxylic acids is 2. The first-order valence-electron chi connectivity index (χ1n) is 5.31. The Bertz CT molecular complexity index is 303. The second kappa shape index (κ2) is 6.72. The molecule has 0 spiro atoms. The zero-order chi connectivity index (χ0) is 13.6. The van der Waals surface area contributed by atoms with Crippen molar-refractivity contribution in [3.05, 3.63) is 0 Å². The lowest BCUT2D eigenvalue weighted by molar-refractivity contribution is -0.145. The third kappa shape index (κ3) is 5.19. The number of amides is 2. The largest absolute Gasteiger partial charge is 0.481 e. The summed E-state index contributed by atoms with van der Waals surface area (Å²) < 4.78 is 0. The van der Waals surface area contributed by atoms with Gasteiger partial charge in [-0.3, -0.25) is 4.79 Å². The van der Waals surface area contributed by atoms with Crippen LogP contribution in [0.15, 0.2) is 0 Å². The number of hydrogen-bond acceptors (Lipinski definition) is 3. The first-order valence-corrected chi connectivity index (χ1v) is 5.31. The maximum atomic E-state index is 11.7. The van der Waals surface area contributed by atoms with Crippen molar-refractivity contribution in [3.8, 4) is 0 Å². The lowest BCUT2D eigenvalue weighted by Crippen LogP contribution is -2.50. The van der Waals surface area contributed by atoms with Crippen LogP contribution in [0.25, 0.3) is 0 Å². The van der Waals surface area contributed by atoms with Crippen molar-refractivity contribution in [2.45, 2.75) is 39.3 Å². The first kappa shape index (κ1) is 15.2. The van der Waals surface area contributed by atoms with Gasteiger partial charge in [0.05, 0.1) is 6.42 Å². The molecule has 0 aliphatic heterocycles. The van der Waals surface area contributed by atoms with Gasteiger partial charge in [0.15, 0.2) is 0 Å². The third-order valence-electron chi connectivity index (χ3n) is 2.20. The third-order valence-corrected chi connectivity index (χ3v) is 2.20. The fourth-order valence-electron chi connectivity index (χ4n) is 1.35. The van der Waals surface area contributed by atoms with Gasteiger partial charge in [0, 0.05) is 12.6 Å². The molecule has 0 aromatic rings. The molecule has 0 aliphatic rings. The van der Waals surface area contributed by atoms with E-state index in [0.717, 1.165) is 0 Å². The summed E-state index contributed by atoms with van der Waals surface area (Å²) in [4.78, 5) is 34.3. The molecule has 0 aliphatic carbocycles. The van der Waals surface area contributed by atoms with E-state index in [9.17, 15) is 14.4 Å². The molecule has 7 nitrogen and oxygen atoms in total. The van der Waals surface area contributed by atoms with Gasteiger partial charge < -0.3 is 20.4 Å². The van der Waals surface area contributed by atoms with E-state index < -0.39 is 30.4 Å². The maximum Gasteiger partial charge on any atom is 0.326 e. The number of carboxylic acids is 2. The minimum Gasteiger partial charge on any atom is -0.481 e. The van der Waals surface area contributed by atoms with Gasteiger partial charge in [-0.15, -0.1) is 0 Å². The summed E-state index contributed by atoms with van der Waals surface area (Å²) >= 11 is 0. The molecule has 0 rings (SSSR count). The van der Waals surface area contributed by atoms with E-state index in [1.54, 1.807) is 20.8 Å². The SMILES string of the molecule is CCN(C(=O)N[C@H](CC(=O)O)C(=O)O)C(C)C. The zero-order valence-corrected chi connectivity index (χ0v) is 10.1. The van der Waals surface area contributed by atoms with Gasteiger partial charge in [0.1, 0.15) is 6.04 Å². The van der Waals surface area contributed by atoms with Gasteiger partial charge in [-0.2, -0.15) is 0 Å². The number of nitrogens with one attached hydrogen (secondary N) is 1. The Kier molecular flexibility index (Phi) is 6.01. The fraction of sp³-hybridized carbons (Fsp3) is 0.700. The van der Waals surface area contributed by atoms with Crippen LogP contribution in [0.5, 0.6) is 0 Å². The number of carbonyl (C=O) groups is 3. The molecule has 3 N–H and O–H groups in total. The highest BCUT2D eigenvalue weighted by molar-refractivity contribution is 5.86. The number of hydrogen-bond donors (Lipinski definition) is 3. The highest BCUT2D eigenvalue weighted by Crippen LogP contribution is 2.01. The van der Waals surface area contributed by atoms with Gasteiger partial charge in [-0.05, 0) is 20.8 Å². The van der Waals surface area contributed by atoms with E-state index in [-0.39, 0.29) is 6.04 Å². The highest BCUT2D eigenvalue weighted by atomic mass is 16.4. The van der Waals surface area contributed by atoms with Crippen molar-refractivity contribution in [3.63, 3.8) is 0 Å². The van der Waals surface area contributed by atoms with Crippen LogP contribution in [0.4, 0.5) is 4.79 Å². The van der Waals surface area contributed by atoms with Crippen LogP contribution >= 0.6 is 0 Å². The molecule has 0 fully saturated rings. The van der Waals surface area contributed by atoms with E-state index in [4.69, 9.17) is 10.2 Å².